The molecule has 3 amide bonds. The van der Waals surface area contributed by atoms with Crippen LogP contribution >= 0.6 is 15.9 Å². The zero-order valence-corrected chi connectivity index (χ0v) is 34.7. The Labute approximate surface area is 347 Å². The smallest absolute Gasteiger partial charge is 0.249 e. The number of rotatable bonds is 13. The molecular weight excluding hydrogens is 802 g/mol. The number of likely N-dealkylation sites (tertiary alicyclic amines) is 1. The average molecular weight is 853 g/mol. The van der Waals surface area contributed by atoms with Crippen molar-refractivity contribution in [3.8, 4) is 5.75 Å². The molecule has 1 aromatic heterocycles. The zero-order chi connectivity index (χ0) is 40.8. The van der Waals surface area contributed by atoms with Crippen LogP contribution in [-0.2, 0) is 20.8 Å². The lowest BCUT2D eigenvalue weighted by Gasteiger charge is -2.39. The van der Waals surface area contributed by atoms with Gasteiger partial charge in [0, 0.05) is 61.8 Å². The Morgan fingerprint density at radius 1 is 0.931 bits per heavy atom. The van der Waals surface area contributed by atoms with Gasteiger partial charge in [-0.15, -0.1) is 0 Å². The molecular formula is C43H50BrN9O5. The van der Waals surface area contributed by atoms with E-state index in [1.165, 1.54) is 12.5 Å². The number of nitrogens with zero attached hydrogens (tertiary/aromatic N) is 5. The highest BCUT2D eigenvalue weighted by molar-refractivity contribution is 9.10. The van der Waals surface area contributed by atoms with Gasteiger partial charge in [-0.25, -0.2) is 4.98 Å². The van der Waals surface area contributed by atoms with Crippen molar-refractivity contribution in [1.29, 1.82) is 0 Å². The van der Waals surface area contributed by atoms with Crippen LogP contribution in [0.2, 0.25) is 0 Å². The molecule has 3 aliphatic rings. The fourth-order valence-electron chi connectivity index (χ4n) is 7.92. The van der Waals surface area contributed by atoms with Crippen LogP contribution in [0.5, 0.6) is 5.75 Å². The number of carbonyl (C=O) groups is 4. The molecule has 3 fully saturated rings. The number of anilines is 6. The maximum atomic E-state index is 13.5. The summed E-state index contributed by atoms with van der Waals surface area (Å²) in [5.41, 5.74) is 6.30. The van der Waals surface area contributed by atoms with Gasteiger partial charge in [-0.2, -0.15) is 4.98 Å². The molecule has 1 atom stereocenters. The molecule has 0 spiro atoms. The lowest BCUT2D eigenvalue weighted by Crippen LogP contribution is -2.52. The number of hydrogen-bond donors (Lipinski definition) is 4. The monoisotopic (exact) mass is 851 g/mol. The van der Waals surface area contributed by atoms with Crippen LogP contribution in [-0.4, -0.2) is 102 Å². The number of methoxy groups -OCH3 is 1. The number of piperazine rings is 1. The summed E-state index contributed by atoms with van der Waals surface area (Å²) in [5, 5.41) is 12.2. The second-order valence-electron chi connectivity index (χ2n) is 15.0. The molecule has 14 nitrogen and oxygen atoms in total. The Kier molecular flexibility index (Phi) is 12.9. The molecule has 4 heterocycles. The number of hydrogen-bond acceptors (Lipinski definition) is 12. The molecule has 0 radical (unpaired) electrons. The van der Waals surface area contributed by atoms with Crippen LogP contribution in [0.15, 0.2) is 71.3 Å². The number of Topliss-reactive ketones (excluding diaryl/α,β-unsaturated/α-hetero) is 1. The van der Waals surface area contributed by atoms with Crippen molar-refractivity contribution in [2.75, 3.05) is 73.8 Å². The number of ether oxygens (including phenoxy) is 1. The van der Waals surface area contributed by atoms with Crippen LogP contribution in [0.25, 0.3) is 0 Å². The first kappa shape index (κ1) is 40.6. The molecule has 0 bridgehead atoms. The minimum absolute atomic E-state index is 0.0476. The topological polar surface area (TPSA) is 161 Å². The maximum absolute atomic E-state index is 13.5. The van der Waals surface area contributed by atoms with E-state index in [0.717, 1.165) is 68.1 Å². The standard InChI is InChI=1S/C43H50BrN9O5/c1-4-28-23-36(48-43-45-25-33(44)41(50-43)47-34-8-6-5-7-32(34)27(2)54)38(58-3)24-37(28)52-19-21-53(22-20-52)40(56)26-51-17-15-30(16-18-51)29-9-11-31(12-10-29)46-35-13-14-39(55)49-42(35)57/h5-12,23-25,30,35,46H,4,13-22,26H2,1-3H3,(H,49,55,57)(H2,45,47,48,50). The third-order valence-corrected chi connectivity index (χ3v) is 11.8. The summed E-state index contributed by atoms with van der Waals surface area (Å²) in [4.78, 5) is 65.0. The van der Waals surface area contributed by atoms with E-state index < -0.39 is 6.04 Å². The van der Waals surface area contributed by atoms with Gasteiger partial charge < -0.3 is 30.5 Å². The number of imide groups is 1. The Bertz CT molecular complexity index is 2150. The van der Waals surface area contributed by atoms with Crippen molar-refractivity contribution in [3.05, 3.63) is 88.0 Å². The maximum Gasteiger partial charge on any atom is 0.249 e. The number of amides is 3. The highest BCUT2D eigenvalue weighted by atomic mass is 79.9. The Morgan fingerprint density at radius 3 is 2.36 bits per heavy atom. The third-order valence-electron chi connectivity index (χ3n) is 11.2. The summed E-state index contributed by atoms with van der Waals surface area (Å²) in [6.45, 7) is 8.55. The molecule has 0 aliphatic carbocycles. The number of carbonyl (C=O) groups excluding carboxylic acids is 4. The predicted molar refractivity (Wildman–Crippen MR) is 229 cm³/mol. The predicted octanol–water partition coefficient (Wildman–Crippen LogP) is 6.25. The van der Waals surface area contributed by atoms with Gasteiger partial charge in [0.2, 0.25) is 23.7 Å². The van der Waals surface area contributed by atoms with Crippen LogP contribution in [0.3, 0.4) is 0 Å². The summed E-state index contributed by atoms with van der Waals surface area (Å²) >= 11 is 3.53. The van der Waals surface area contributed by atoms with Gasteiger partial charge in [0.15, 0.2) is 5.78 Å². The molecule has 1 unspecified atom stereocenters. The molecule has 0 saturated carbocycles. The van der Waals surface area contributed by atoms with Gasteiger partial charge in [0.05, 0.1) is 29.5 Å². The number of aromatic nitrogens is 2. The molecule has 7 rings (SSSR count). The highest BCUT2D eigenvalue weighted by Gasteiger charge is 2.29. The van der Waals surface area contributed by atoms with Crippen molar-refractivity contribution < 1.29 is 23.9 Å². The lowest BCUT2D eigenvalue weighted by atomic mass is 9.89. The molecule has 3 saturated heterocycles. The first-order valence-electron chi connectivity index (χ1n) is 19.9. The first-order chi connectivity index (χ1) is 28.1. The number of benzene rings is 3. The van der Waals surface area contributed by atoms with E-state index in [1.807, 2.05) is 41.3 Å². The number of aryl methyl sites for hydroxylation is 1. The molecule has 15 heteroatoms. The summed E-state index contributed by atoms with van der Waals surface area (Å²) in [7, 11) is 1.64. The van der Waals surface area contributed by atoms with Gasteiger partial charge in [0.25, 0.3) is 0 Å². The summed E-state index contributed by atoms with van der Waals surface area (Å²) in [5.74, 6) is 1.58. The Balaban J connectivity index is 0.910. The van der Waals surface area contributed by atoms with Crippen LogP contribution in [0.1, 0.15) is 66.9 Å². The second-order valence-corrected chi connectivity index (χ2v) is 15.8. The normalized spacial score (nSPS) is 17.8. The van der Waals surface area contributed by atoms with Crippen molar-refractivity contribution >= 4 is 74.0 Å². The molecule has 304 valence electrons. The van der Waals surface area contributed by atoms with Crippen LogP contribution in [0.4, 0.5) is 34.5 Å². The van der Waals surface area contributed by atoms with Crippen LogP contribution in [0, 0.1) is 0 Å². The van der Waals surface area contributed by atoms with Crippen LogP contribution < -0.4 is 30.9 Å². The third kappa shape index (κ3) is 9.59. The van der Waals surface area contributed by atoms with Gasteiger partial charge >= 0.3 is 0 Å². The van der Waals surface area contributed by atoms with E-state index in [1.54, 1.807) is 19.4 Å². The number of piperidine rings is 2. The van der Waals surface area contributed by atoms with Crippen molar-refractivity contribution in [2.24, 2.45) is 0 Å². The highest BCUT2D eigenvalue weighted by Crippen LogP contribution is 2.37. The van der Waals surface area contributed by atoms with E-state index in [0.29, 0.717) is 71.6 Å². The quantitative estimate of drug-likeness (QED) is 0.0887. The van der Waals surface area contributed by atoms with Crippen molar-refractivity contribution in [1.82, 2.24) is 25.1 Å². The fourth-order valence-corrected chi connectivity index (χ4v) is 8.21. The van der Waals surface area contributed by atoms with Crippen molar-refractivity contribution in [3.63, 3.8) is 0 Å². The summed E-state index contributed by atoms with van der Waals surface area (Å²) in [6.07, 6.45) is 5.25. The second kappa shape index (κ2) is 18.4. The Morgan fingerprint density at radius 2 is 1.67 bits per heavy atom. The minimum Gasteiger partial charge on any atom is -0.494 e. The number of ketones is 1. The summed E-state index contributed by atoms with van der Waals surface area (Å²) < 4.78 is 6.51. The van der Waals surface area contributed by atoms with E-state index in [9.17, 15) is 19.2 Å². The average Bonchev–Trinajstić information content (AvgIpc) is 3.23. The van der Waals surface area contributed by atoms with E-state index in [4.69, 9.17) is 9.72 Å². The number of para-hydroxylation sites is 1. The largest absolute Gasteiger partial charge is 0.494 e. The lowest BCUT2D eigenvalue weighted by molar-refractivity contribution is -0.134. The molecule has 4 aromatic rings. The van der Waals surface area contributed by atoms with E-state index in [-0.39, 0.29) is 23.5 Å². The molecule has 4 N–H and O–H groups in total. The van der Waals surface area contributed by atoms with Gasteiger partial charge in [-0.1, -0.05) is 31.2 Å². The SMILES string of the molecule is CCc1cc(Nc2ncc(Br)c(Nc3ccccc3C(C)=O)n2)c(OC)cc1N1CCN(C(=O)CN2CCC(c3ccc(NC4CCC(=O)NC4=O)cc3)CC2)CC1. The van der Waals surface area contributed by atoms with E-state index >= 15 is 0 Å². The van der Waals surface area contributed by atoms with Gasteiger partial charge in [-0.3, -0.25) is 29.4 Å². The number of nitrogens with one attached hydrogen (secondary N) is 4. The minimum atomic E-state index is -0.400. The fraction of sp³-hybridized carbons (Fsp3) is 0.395. The van der Waals surface area contributed by atoms with Crippen molar-refractivity contribution in [2.45, 2.75) is 57.9 Å². The molecule has 58 heavy (non-hydrogen) atoms. The van der Waals surface area contributed by atoms with E-state index in [2.05, 4.69) is 77.1 Å². The van der Waals surface area contributed by atoms with Gasteiger partial charge in [0.1, 0.15) is 17.6 Å². The Hall–Kier alpha value is -5.54. The first-order valence-corrected chi connectivity index (χ1v) is 20.7. The molecule has 3 aromatic carbocycles. The molecule has 3 aliphatic heterocycles. The summed E-state index contributed by atoms with van der Waals surface area (Å²) in [6, 6.07) is 19.3. The zero-order valence-electron chi connectivity index (χ0n) is 33.1. The van der Waals surface area contributed by atoms with Gasteiger partial charge in [-0.05, 0) is 109 Å². The number of halogens is 1.